The minimum absolute atomic E-state index is 0.257. The number of aromatic nitrogens is 3. The van der Waals surface area contributed by atoms with Gasteiger partial charge in [0, 0.05) is 57.0 Å². The second-order valence-corrected chi connectivity index (χ2v) is 7.53. The quantitative estimate of drug-likeness (QED) is 0.814. The summed E-state index contributed by atoms with van der Waals surface area (Å²) in [5.41, 5.74) is 0.930. The Labute approximate surface area is 154 Å². The molecule has 2 saturated heterocycles. The molecule has 2 aromatic rings. The van der Waals surface area contributed by atoms with Crippen LogP contribution in [0.4, 0.5) is 5.82 Å². The van der Waals surface area contributed by atoms with Gasteiger partial charge in [-0.2, -0.15) is 4.98 Å². The number of rotatable bonds is 5. The highest BCUT2D eigenvalue weighted by Gasteiger charge is 2.23. The molecule has 0 saturated carbocycles. The molecular formula is C19H27N5O2. The van der Waals surface area contributed by atoms with Crippen LogP contribution in [0.1, 0.15) is 32.0 Å². The zero-order valence-corrected chi connectivity index (χ0v) is 15.6. The Balaban J connectivity index is 1.39. The average molecular weight is 357 g/mol. The number of nitrogens with zero attached hydrogens (tertiary/aromatic N) is 5. The SMILES string of the molecule is CC(C)c1noc(-c2ccnc(N3CCN(CC4CCOC4)CC3)c2)n1. The highest BCUT2D eigenvalue weighted by molar-refractivity contribution is 5.58. The first-order valence-corrected chi connectivity index (χ1v) is 9.54. The van der Waals surface area contributed by atoms with Gasteiger partial charge in [-0.05, 0) is 24.5 Å². The molecule has 26 heavy (non-hydrogen) atoms. The Morgan fingerprint density at radius 2 is 2.08 bits per heavy atom. The van der Waals surface area contributed by atoms with Crippen LogP contribution in [0.5, 0.6) is 0 Å². The number of hydrogen-bond donors (Lipinski definition) is 0. The number of ether oxygens (including phenoxy) is 1. The van der Waals surface area contributed by atoms with E-state index in [0.717, 1.165) is 63.1 Å². The van der Waals surface area contributed by atoms with Gasteiger partial charge >= 0.3 is 0 Å². The average Bonchev–Trinajstić information content (AvgIpc) is 3.34. The first-order chi connectivity index (χ1) is 12.7. The van der Waals surface area contributed by atoms with E-state index >= 15 is 0 Å². The van der Waals surface area contributed by atoms with E-state index in [2.05, 4.69) is 44.8 Å². The molecule has 0 N–H and O–H groups in total. The zero-order valence-electron chi connectivity index (χ0n) is 15.6. The van der Waals surface area contributed by atoms with Crippen molar-refractivity contribution >= 4 is 5.82 Å². The topological polar surface area (TPSA) is 67.5 Å². The molecule has 0 spiro atoms. The Kier molecular flexibility index (Phi) is 5.17. The lowest BCUT2D eigenvalue weighted by Gasteiger charge is -2.36. The van der Waals surface area contributed by atoms with E-state index in [1.54, 1.807) is 0 Å². The summed E-state index contributed by atoms with van der Waals surface area (Å²) in [6.45, 7) is 11.2. The summed E-state index contributed by atoms with van der Waals surface area (Å²) in [4.78, 5) is 13.9. The first kappa shape index (κ1) is 17.4. The van der Waals surface area contributed by atoms with Gasteiger partial charge in [-0.3, -0.25) is 4.90 Å². The van der Waals surface area contributed by atoms with Crippen LogP contribution in [-0.4, -0.2) is 66.0 Å². The third-order valence-corrected chi connectivity index (χ3v) is 5.19. The lowest BCUT2D eigenvalue weighted by Crippen LogP contribution is -2.48. The van der Waals surface area contributed by atoms with Crippen LogP contribution in [0, 0.1) is 5.92 Å². The Bertz CT molecular complexity index is 718. The van der Waals surface area contributed by atoms with Crippen molar-refractivity contribution in [2.24, 2.45) is 5.92 Å². The van der Waals surface area contributed by atoms with Crippen molar-refractivity contribution in [3.63, 3.8) is 0 Å². The number of anilines is 1. The number of pyridine rings is 1. The molecule has 2 fully saturated rings. The highest BCUT2D eigenvalue weighted by Crippen LogP contribution is 2.24. The second-order valence-electron chi connectivity index (χ2n) is 7.53. The molecule has 0 radical (unpaired) electrons. The van der Waals surface area contributed by atoms with Crippen LogP contribution in [-0.2, 0) is 4.74 Å². The van der Waals surface area contributed by atoms with Gasteiger partial charge < -0.3 is 14.2 Å². The molecule has 0 amide bonds. The van der Waals surface area contributed by atoms with Crippen molar-refractivity contribution in [1.29, 1.82) is 0 Å². The molecule has 140 valence electrons. The van der Waals surface area contributed by atoms with Crippen LogP contribution in [0.25, 0.3) is 11.5 Å². The predicted molar refractivity (Wildman–Crippen MR) is 99.2 cm³/mol. The van der Waals surface area contributed by atoms with Crippen molar-refractivity contribution in [3.05, 3.63) is 24.2 Å². The van der Waals surface area contributed by atoms with Crippen LogP contribution in [0.15, 0.2) is 22.9 Å². The minimum Gasteiger partial charge on any atom is -0.381 e. The maximum absolute atomic E-state index is 5.49. The fraction of sp³-hybridized carbons (Fsp3) is 0.632. The zero-order chi connectivity index (χ0) is 17.9. The number of piperazine rings is 1. The molecule has 1 atom stereocenters. The Hall–Kier alpha value is -1.99. The first-order valence-electron chi connectivity index (χ1n) is 9.54. The molecular weight excluding hydrogens is 330 g/mol. The van der Waals surface area contributed by atoms with Crippen molar-refractivity contribution in [3.8, 4) is 11.5 Å². The Morgan fingerprint density at radius 3 is 2.77 bits per heavy atom. The van der Waals surface area contributed by atoms with E-state index in [-0.39, 0.29) is 5.92 Å². The van der Waals surface area contributed by atoms with Gasteiger partial charge in [0.05, 0.1) is 6.61 Å². The van der Waals surface area contributed by atoms with Gasteiger partial charge in [-0.25, -0.2) is 4.98 Å². The normalized spacial score (nSPS) is 21.7. The van der Waals surface area contributed by atoms with E-state index in [9.17, 15) is 0 Å². The van der Waals surface area contributed by atoms with Gasteiger partial charge in [0.25, 0.3) is 5.89 Å². The van der Waals surface area contributed by atoms with Crippen molar-refractivity contribution in [2.75, 3.05) is 50.8 Å². The summed E-state index contributed by atoms with van der Waals surface area (Å²) in [6.07, 6.45) is 3.03. The third kappa shape index (κ3) is 3.88. The fourth-order valence-electron chi connectivity index (χ4n) is 3.56. The molecule has 4 heterocycles. The standard InChI is InChI=1S/C19H27N5O2/c1-14(2)18-21-19(26-22-18)16-3-5-20-17(11-16)24-8-6-23(7-9-24)12-15-4-10-25-13-15/h3,5,11,14-15H,4,6-10,12-13H2,1-2H3. The monoisotopic (exact) mass is 357 g/mol. The van der Waals surface area contributed by atoms with E-state index < -0.39 is 0 Å². The molecule has 2 aromatic heterocycles. The predicted octanol–water partition coefficient (Wildman–Crippen LogP) is 2.41. The molecule has 1 unspecified atom stereocenters. The molecule has 7 nitrogen and oxygen atoms in total. The van der Waals surface area contributed by atoms with E-state index in [1.165, 1.54) is 6.42 Å². The van der Waals surface area contributed by atoms with Crippen molar-refractivity contribution in [2.45, 2.75) is 26.2 Å². The molecule has 4 rings (SSSR count). The molecule has 7 heteroatoms. The summed E-state index contributed by atoms with van der Waals surface area (Å²) >= 11 is 0. The lowest BCUT2D eigenvalue weighted by molar-refractivity contribution is 0.164. The third-order valence-electron chi connectivity index (χ3n) is 5.19. The van der Waals surface area contributed by atoms with Crippen LogP contribution < -0.4 is 4.90 Å². The smallest absolute Gasteiger partial charge is 0.258 e. The van der Waals surface area contributed by atoms with Crippen LogP contribution >= 0.6 is 0 Å². The molecule has 0 bridgehead atoms. The summed E-state index contributed by atoms with van der Waals surface area (Å²) in [5.74, 6) is 3.25. The molecule has 2 aliphatic heterocycles. The van der Waals surface area contributed by atoms with Gasteiger partial charge in [-0.15, -0.1) is 0 Å². The molecule has 0 aromatic carbocycles. The number of hydrogen-bond acceptors (Lipinski definition) is 7. The van der Waals surface area contributed by atoms with Crippen molar-refractivity contribution < 1.29 is 9.26 Å². The highest BCUT2D eigenvalue weighted by atomic mass is 16.5. The maximum Gasteiger partial charge on any atom is 0.258 e. The summed E-state index contributed by atoms with van der Waals surface area (Å²) in [6, 6.07) is 3.98. The van der Waals surface area contributed by atoms with E-state index in [0.29, 0.717) is 11.8 Å². The largest absolute Gasteiger partial charge is 0.381 e. The maximum atomic E-state index is 5.49. The van der Waals surface area contributed by atoms with E-state index in [4.69, 9.17) is 9.26 Å². The lowest BCUT2D eigenvalue weighted by atomic mass is 10.1. The fourth-order valence-corrected chi connectivity index (χ4v) is 3.56. The summed E-state index contributed by atoms with van der Waals surface area (Å²) in [7, 11) is 0. The van der Waals surface area contributed by atoms with Crippen molar-refractivity contribution in [1.82, 2.24) is 20.0 Å². The van der Waals surface area contributed by atoms with Gasteiger partial charge in [0.15, 0.2) is 5.82 Å². The minimum atomic E-state index is 0.257. The van der Waals surface area contributed by atoms with Gasteiger partial charge in [0.2, 0.25) is 0 Å². The molecule has 0 aliphatic carbocycles. The second kappa shape index (κ2) is 7.72. The van der Waals surface area contributed by atoms with Crippen LogP contribution in [0.2, 0.25) is 0 Å². The molecule has 2 aliphatic rings. The summed E-state index contributed by atoms with van der Waals surface area (Å²) < 4.78 is 10.9. The Morgan fingerprint density at radius 1 is 1.23 bits per heavy atom. The van der Waals surface area contributed by atoms with Gasteiger partial charge in [0.1, 0.15) is 5.82 Å². The van der Waals surface area contributed by atoms with Crippen LogP contribution in [0.3, 0.4) is 0 Å². The summed E-state index contributed by atoms with van der Waals surface area (Å²) in [5, 5.41) is 4.06. The van der Waals surface area contributed by atoms with E-state index in [1.807, 2.05) is 12.3 Å². The van der Waals surface area contributed by atoms with Gasteiger partial charge in [-0.1, -0.05) is 19.0 Å².